The van der Waals surface area contributed by atoms with E-state index in [4.69, 9.17) is 5.73 Å². The molecular formula is C21H21N2O2. The van der Waals surface area contributed by atoms with E-state index >= 15 is 0 Å². The fourth-order valence-corrected chi connectivity index (χ4v) is 4.05. The Morgan fingerprint density at radius 2 is 1.84 bits per heavy atom. The number of carbonyl (C=O) groups excluding carboxylic acids is 2. The van der Waals surface area contributed by atoms with E-state index in [1.807, 2.05) is 55.5 Å². The maximum atomic E-state index is 13.2. The van der Waals surface area contributed by atoms with E-state index in [2.05, 4.69) is 6.92 Å². The summed E-state index contributed by atoms with van der Waals surface area (Å²) < 4.78 is 0. The lowest BCUT2D eigenvalue weighted by molar-refractivity contribution is -0.123. The van der Waals surface area contributed by atoms with Crippen molar-refractivity contribution in [2.45, 2.75) is 19.4 Å². The van der Waals surface area contributed by atoms with Crippen LogP contribution >= 0.6 is 0 Å². The predicted octanol–water partition coefficient (Wildman–Crippen LogP) is 2.81. The summed E-state index contributed by atoms with van der Waals surface area (Å²) in [5, 5.41) is 0. The molecule has 1 saturated heterocycles. The third-order valence-electron chi connectivity index (χ3n) is 5.72. The zero-order valence-electron chi connectivity index (χ0n) is 14.2. The van der Waals surface area contributed by atoms with Crippen molar-refractivity contribution in [1.82, 2.24) is 4.90 Å². The van der Waals surface area contributed by atoms with Crippen molar-refractivity contribution >= 4 is 11.8 Å². The van der Waals surface area contributed by atoms with Crippen molar-refractivity contribution in [2.24, 2.45) is 17.1 Å². The second-order valence-electron chi connectivity index (χ2n) is 7.24. The topological polar surface area (TPSA) is 63.4 Å². The molecule has 1 saturated carbocycles. The molecule has 2 fully saturated rings. The first kappa shape index (κ1) is 15.9. The Morgan fingerprint density at radius 3 is 2.48 bits per heavy atom. The third kappa shape index (κ3) is 2.36. The highest BCUT2D eigenvalue weighted by Gasteiger charge is 2.68. The average Bonchev–Trinajstić information content (AvgIpc) is 3.28. The molecule has 0 spiro atoms. The third-order valence-corrected chi connectivity index (χ3v) is 5.72. The molecule has 25 heavy (non-hydrogen) atoms. The van der Waals surface area contributed by atoms with E-state index in [0.29, 0.717) is 12.1 Å². The van der Waals surface area contributed by atoms with Crippen LogP contribution in [0, 0.1) is 25.2 Å². The van der Waals surface area contributed by atoms with Gasteiger partial charge in [0, 0.05) is 18.2 Å². The summed E-state index contributed by atoms with van der Waals surface area (Å²) in [6.45, 7) is 6.54. The molecule has 0 aromatic heterocycles. The molecule has 4 nitrogen and oxygen atoms in total. The van der Waals surface area contributed by atoms with Crippen molar-refractivity contribution < 1.29 is 9.59 Å². The van der Waals surface area contributed by atoms with E-state index in [9.17, 15) is 9.59 Å². The quantitative estimate of drug-likeness (QED) is 0.939. The van der Waals surface area contributed by atoms with Gasteiger partial charge in [0.15, 0.2) is 0 Å². The Labute approximate surface area is 147 Å². The first-order valence-corrected chi connectivity index (χ1v) is 8.54. The second-order valence-corrected chi connectivity index (χ2v) is 7.24. The summed E-state index contributed by atoms with van der Waals surface area (Å²) in [4.78, 5) is 26.7. The molecule has 4 rings (SSSR count). The predicted molar refractivity (Wildman–Crippen MR) is 96.5 cm³/mol. The summed E-state index contributed by atoms with van der Waals surface area (Å²) in [5.74, 6) is -0.294. The minimum atomic E-state index is -0.555. The number of hydrogen-bond acceptors (Lipinski definition) is 2. The fraction of sp³-hybridized carbons (Fsp3) is 0.286. The Bertz CT molecular complexity index is 858. The van der Waals surface area contributed by atoms with Gasteiger partial charge in [-0.2, -0.15) is 0 Å². The summed E-state index contributed by atoms with van der Waals surface area (Å²) in [7, 11) is 0. The van der Waals surface area contributed by atoms with Crippen molar-refractivity contribution in [3.8, 4) is 11.1 Å². The van der Waals surface area contributed by atoms with Gasteiger partial charge < -0.3 is 10.6 Å². The number of aryl methyl sites for hydroxylation is 1. The first-order chi connectivity index (χ1) is 11.9. The Balaban J connectivity index is 1.68. The average molecular weight is 333 g/mol. The van der Waals surface area contributed by atoms with Gasteiger partial charge in [0.25, 0.3) is 5.91 Å². The van der Waals surface area contributed by atoms with Crippen molar-refractivity contribution in [2.75, 3.05) is 6.54 Å². The SMILES string of the molecule is [CH2][C@H]1[C@H]2C[C@]2(C(N)=O)CN1C(=O)c1ccccc1-c1ccc(C)cc1. The molecule has 1 aliphatic heterocycles. The van der Waals surface area contributed by atoms with Gasteiger partial charge in [0.05, 0.1) is 5.41 Å². The van der Waals surface area contributed by atoms with Crippen LogP contribution in [-0.2, 0) is 4.79 Å². The van der Waals surface area contributed by atoms with Crippen LogP contribution in [0.15, 0.2) is 48.5 Å². The Hall–Kier alpha value is -2.62. The number of fused-ring (bicyclic) bond motifs is 1. The number of rotatable bonds is 3. The number of nitrogens with zero attached hydrogens (tertiary/aromatic N) is 1. The number of hydrogen-bond donors (Lipinski definition) is 1. The lowest BCUT2D eigenvalue weighted by Gasteiger charge is -2.26. The molecule has 1 radical (unpaired) electrons. The van der Waals surface area contributed by atoms with Gasteiger partial charge in [-0.25, -0.2) is 0 Å². The zero-order valence-corrected chi connectivity index (χ0v) is 14.2. The maximum absolute atomic E-state index is 13.2. The highest BCUT2D eigenvalue weighted by molar-refractivity contribution is 6.02. The molecule has 127 valence electrons. The molecule has 3 atom stereocenters. The van der Waals surface area contributed by atoms with Crippen LogP contribution in [-0.4, -0.2) is 29.3 Å². The highest BCUT2D eigenvalue weighted by atomic mass is 16.2. The van der Waals surface area contributed by atoms with Gasteiger partial charge in [-0.3, -0.25) is 9.59 Å². The maximum Gasteiger partial charge on any atom is 0.254 e. The summed E-state index contributed by atoms with van der Waals surface area (Å²) in [5.41, 5.74) is 8.73. The van der Waals surface area contributed by atoms with Crippen LogP contribution in [0.1, 0.15) is 22.3 Å². The fourth-order valence-electron chi connectivity index (χ4n) is 4.05. The van der Waals surface area contributed by atoms with Crippen molar-refractivity contribution in [3.05, 3.63) is 66.6 Å². The molecule has 2 aromatic rings. The van der Waals surface area contributed by atoms with E-state index in [0.717, 1.165) is 17.5 Å². The molecule has 0 unspecified atom stereocenters. The largest absolute Gasteiger partial charge is 0.369 e. The Kier molecular flexibility index (Phi) is 3.46. The molecule has 2 aromatic carbocycles. The van der Waals surface area contributed by atoms with E-state index < -0.39 is 5.41 Å². The van der Waals surface area contributed by atoms with Crippen LogP contribution in [0.4, 0.5) is 0 Å². The van der Waals surface area contributed by atoms with E-state index in [1.165, 1.54) is 5.56 Å². The Morgan fingerprint density at radius 1 is 1.16 bits per heavy atom. The molecule has 2 amide bonds. The van der Waals surface area contributed by atoms with Crippen molar-refractivity contribution in [3.63, 3.8) is 0 Å². The van der Waals surface area contributed by atoms with Crippen LogP contribution in [0.2, 0.25) is 0 Å². The monoisotopic (exact) mass is 333 g/mol. The van der Waals surface area contributed by atoms with Crippen LogP contribution in [0.25, 0.3) is 11.1 Å². The van der Waals surface area contributed by atoms with Crippen molar-refractivity contribution in [1.29, 1.82) is 0 Å². The molecule has 1 heterocycles. The number of likely N-dealkylation sites (tertiary alicyclic amines) is 1. The molecule has 2 aliphatic rings. The standard InChI is InChI=1S/C21H21N2O2/c1-13-7-9-15(10-8-13)16-5-3-4-6-17(16)19(24)23-12-21(20(22)25)11-18(21)14(23)2/h3-10,14,18H,2,11-12H2,1H3,(H2,22,25)/t14-,18+,21-/m0/s1. The summed E-state index contributed by atoms with van der Waals surface area (Å²) >= 11 is 0. The number of carbonyl (C=O) groups is 2. The molecule has 4 heteroatoms. The van der Waals surface area contributed by atoms with Gasteiger partial charge in [-0.05, 0) is 43.4 Å². The first-order valence-electron chi connectivity index (χ1n) is 8.54. The van der Waals surface area contributed by atoms with Crippen LogP contribution in [0.3, 0.4) is 0 Å². The summed E-state index contributed by atoms with van der Waals surface area (Å²) in [6, 6.07) is 15.5. The van der Waals surface area contributed by atoms with E-state index in [1.54, 1.807) is 4.90 Å². The molecule has 0 bridgehead atoms. The van der Waals surface area contributed by atoms with Gasteiger partial charge in [-0.1, -0.05) is 48.0 Å². The smallest absolute Gasteiger partial charge is 0.254 e. The van der Waals surface area contributed by atoms with Gasteiger partial charge in [-0.15, -0.1) is 0 Å². The minimum Gasteiger partial charge on any atom is -0.369 e. The van der Waals surface area contributed by atoms with Crippen LogP contribution < -0.4 is 5.73 Å². The van der Waals surface area contributed by atoms with Gasteiger partial charge >= 0.3 is 0 Å². The normalized spacial score (nSPS) is 27.0. The lowest BCUT2D eigenvalue weighted by atomic mass is 9.97. The molecule has 2 N–H and O–H groups in total. The number of amides is 2. The highest BCUT2D eigenvalue weighted by Crippen LogP contribution is 2.60. The second kappa shape index (κ2) is 5.45. The number of nitrogens with two attached hydrogens (primary N) is 1. The van der Waals surface area contributed by atoms with Gasteiger partial charge in [0.2, 0.25) is 5.91 Å². The molecular weight excluding hydrogens is 312 g/mol. The number of primary amides is 1. The van der Waals surface area contributed by atoms with E-state index in [-0.39, 0.29) is 23.8 Å². The van der Waals surface area contributed by atoms with Gasteiger partial charge in [0.1, 0.15) is 0 Å². The summed E-state index contributed by atoms with van der Waals surface area (Å²) in [6.07, 6.45) is 0.750. The number of benzene rings is 2. The molecule has 1 aliphatic carbocycles. The minimum absolute atomic E-state index is 0.0796. The lowest BCUT2D eigenvalue weighted by Crippen LogP contribution is -2.39. The van der Waals surface area contributed by atoms with Crippen LogP contribution in [0.5, 0.6) is 0 Å². The number of piperidine rings is 1. The zero-order chi connectivity index (χ0) is 17.8.